The van der Waals surface area contributed by atoms with E-state index in [1.54, 1.807) is 0 Å². The van der Waals surface area contributed by atoms with Crippen molar-refractivity contribution in [2.45, 2.75) is 27.2 Å². The van der Waals surface area contributed by atoms with Crippen molar-refractivity contribution < 1.29 is 0 Å². The van der Waals surface area contributed by atoms with Gasteiger partial charge in [0.15, 0.2) is 5.11 Å². The number of nitrogens with one attached hydrogen (secondary N) is 3. The fourth-order valence-electron chi connectivity index (χ4n) is 2.73. The summed E-state index contributed by atoms with van der Waals surface area (Å²) in [5, 5.41) is 4.82. The van der Waals surface area contributed by atoms with Crippen molar-refractivity contribution >= 4 is 39.7 Å². The summed E-state index contributed by atoms with van der Waals surface area (Å²) < 4.78 is 0. The number of rotatable bonds is 4. The van der Waals surface area contributed by atoms with Gasteiger partial charge in [-0.3, -0.25) is 10.9 Å². The van der Waals surface area contributed by atoms with Crippen LogP contribution in [0.25, 0.3) is 10.9 Å². The minimum atomic E-state index is 0.494. The third-order valence-electron chi connectivity index (χ3n) is 4.17. The molecule has 1 heterocycles. The second kappa shape index (κ2) is 7.49. The Labute approximate surface area is 153 Å². The third-order valence-corrected chi connectivity index (χ3v) is 4.38. The van der Waals surface area contributed by atoms with Crippen LogP contribution in [0.2, 0.25) is 0 Å². The van der Waals surface area contributed by atoms with Crippen molar-refractivity contribution in [3.63, 3.8) is 0 Å². The summed E-state index contributed by atoms with van der Waals surface area (Å²) in [6.07, 6.45) is 1.02. The van der Waals surface area contributed by atoms with Crippen molar-refractivity contribution in [3.05, 3.63) is 65.2 Å². The molecular formula is C20H22N4S. The molecule has 4 nitrogen and oxygen atoms in total. The molecule has 25 heavy (non-hydrogen) atoms. The Morgan fingerprint density at radius 2 is 1.80 bits per heavy atom. The number of para-hydroxylation sites is 1. The predicted octanol–water partition coefficient (Wildman–Crippen LogP) is 4.73. The van der Waals surface area contributed by atoms with Gasteiger partial charge in [-0.05, 0) is 67.4 Å². The summed E-state index contributed by atoms with van der Waals surface area (Å²) in [6.45, 7) is 6.29. The average molecular weight is 350 g/mol. The minimum absolute atomic E-state index is 0.494. The SMILES string of the molecule is CCc1ccc(NC(=S)NNc2cc(C)c3cccc(C)c3n2)cc1. The molecule has 0 fully saturated rings. The Kier molecular flexibility index (Phi) is 5.14. The maximum absolute atomic E-state index is 5.34. The van der Waals surface area contributed by atoms with Crippen LogP contribution >= 0.6 is 12.2 Å². The molecule has 2 aromatic carbocycles. The number of hydrogen-bond acceptors (Lipinski definition) is 3. The Morgan fingerprint density at radius 3 is 2.52 bits per heavy atom. The van der Waals surface area contributed by atoms with Gasteiger partial charge >= 0.3 is 0 Å². The van der Waals surface area contributed by atoms with Crippen LogP contribution in [0.1, 0.15) is 23.6 Å². The summed E-state index contributed by atoms with van der Waals surface area (Å²) in [5.41, 5.74) is 11.7. The van der Waals surface area contributed by atoms with E-state index in [1.165, 1.54) is 16.5 Å². The number of nitrogens with zero attached hydrogens (tertiary/aromatic N) is 1. The molecule has 1 aromatic heterocycles. The van der Waals surface area contributed by atoms with Gasteiger partial charge in [-0.25, -0.2) is 4.98 Å². The fraction of sp³-hybridized carbons (Fsp3) is 0.200. The van der Waals surface area contributed by atoms with Crippen LogP contribution in [-0.2, 0) is 6.42 Å². The standard InChI is InChI=1S/C20H22N4S/c1-4-15-8-10-16(11-9-15)21-20(25)24-23-18-12-14(3)17-7-5-6-13(2)19(17)22-18/h5-12H,4H2,1-3H3,(H,22,23)(H2,21,24,25). The van der Waals surface area contributed by atoms with Crippen LogP contribution in [-0.4, -0.2) is 10.1 Å². The second-order valence-corrected chi connectivity index (χ2v) is 6.46. The minimum Gasteiger partial charge on any atom is -0.331 e. The van der Waals surface area contributed by atoms with E-state index >= 15 is 0 Å². The first-order chi connectivity index (χ1) is 12.1. The van der Waals surface area contributed by atoms with E-state index in [0.717, 1.165) is 29.0 Å². The van der Waals surface area contributed by atoms with E-state index in [4.69, 9.17) is 12.2 Å². The fourth-order valence-corrected chi connectivity index (χ4v) is 2.90. The smallest absolute Gasteiger partial charge is 0.189 e. The monoisotopic (exact) mass is 350 g/mol. The van der Waals surface area contributed by atoms with E-state index in [1.807, 2.05) is 18.2 Å². The molecule has 0 saturated carbocycles. The molecule has 5 heteroatoms. The highest BCUT2D eigenvalue weighted by Gasteiger charge is 2.05. The molecule has 3 rings (SSSR count). The Balaban J connectivity index is 1.67. The summed E-state index contributed by atoms with van der Waals surface area (Å²) in [6, 6.07) is 16.5. The topological polar surface area (TPSA) is 49.0 Å². The van der Waals surface area contributed by atoms with Crippen LogP contribution in [0.3, 0.4) is 0 Å². The number of hydrogen-bond donors (Lipinski definition) is 3. The third kappa shape index (κ3) is 4.06. The van der Waals surface area contributed by atoms with E-state index in [0.29, 0.717) is 5.11 Å². The lowest BCUT2D eigenvalue weighted by Gasteiger charge is -2.14. The number of fused-ring (bicyclic) bond motifs is 1. The van der Waals surface area contributed by atoms with Crippen molar-refractivity contribution in [1.82, 2.24) is 10.4 Å². The molecule has 0 aliphatic carbocycles. The first kappa shape index (κ1) is 17.2. The van der Waals surface area contributed by atoms with E-state index < -0.39 is 0 Å². The zero-order valence-corrected chi connectivity index (χ0v) is 15.5. The summed E-state index contributed by atoms with van der Waals surface area (Å²) >= 11 is 5.34. The molecule has 3 aromatic rings. The number of hydrazine groups is 1. The maximum Gasteiger partial charge on any atom is 0.189 e. The molecule has 128 valence electrons. The van der Waals surface area contributed by atoms with Crippen molar-refractivity contribution in [2.75, 3.05) is 10.7 Å². The molecule has 0 saturated heterocycles. The Bertz CT molecular complexity index is 903. The molecule has 0 bridgehead atoms. The number of pyridine rings is 1. The summed E-state index contributed by atoms with van der Waals surface area (Å²) in [4.78, 5) is 4.68. The molecule has 0 aliphatic heterocycles. The molecule has 0 aliphatic rings. The van der Waals surface area contributed by atoms with Crippen LogP contribution < -0.4 is 16.2 Å². The summed E-state index contributed by atoms with van der Waals surface area (Å²) in [5.74, 6) is 0.741. The molecular weight excluding hydrogens is 328 g/mol. The zero-order valence-electron chi connectivity index (χ0n) is 14.7. The predicted molar refractivity (Wildman–Crippen MR) is 110 cm³/mol. The highest BCUT2D eigenvalue weighted by Crippen LogP contribution is 2.22. The van der Waals surface area contributed by atoms with Crippen LogP contribution in [0.15, 0.2) is 48.5 Å². The van der Waals surface area contributed by atoms with Crippen LogP contribution in [0, 0.1) is 13.8 Å². The van der Waals surface area contributed by atoms with Gasteiger partial charge in [0.2, 0.25) is 0 Å². The number of aryl methyl sites for hydroxylation is 3. The Hall–Kier alpha value is -2.66. The van der Waals surface area contributed by atoms with Gasteiger partial charge in [-0.1, -0.05) is 37.3 Å². The zero-order chi connectivity index (χ0) is 17.8. The van der Waals surface area contributed by atoms with Gasteiger partial charge < -0.3 is 5.32 Å². The lowest BCUT2D eigenvalue weighted by Crippen LogP contribution is -2.33. The van der Waals surface area contributed by atoms with Crippen molar-refractivity contribution in [1.29, 1.82) is 0 Å². The summed E-state index contributed by atoms with van der Waals surface area (Å²) in [7, 11) is 0. The number of anilines is 2. The lowest BCUT2D eigenvalue weighted by molar-refractivity contribution is 1.10. The van der Waals surface area contributed by atoms with E-state index in [9.17, 15) is 0 Å². The van der Waals surface area contributed by atoms with Gasteiger partial charge in [-0.15, -0.1) is 0 Å². The van der Waals surface area contributed by atoms with Gasteiger partial charge in [0.05, 0.1) is 5.52 Å². The number of benzene rings is 2. The van der Waals surface area contributed by atoms with Gasteiger partial charge in [0.25, 0.3) is 0 Å². The van der Waals surface area contributed by atoms with E-state index in [-0.39, 0.29) is 0 Å². The van der Waals surface area contributed by atoms with Gasteiger partial charge in [0, 0.05) is 11.1 Å². The number of aromatic nitrogens is 1. The molecule has 0 amide bonds. The molecule has 0 unspecified atom stereocenters. The van der Waals surface area contributed by atoms with Crippen molar-refractivity contribution in [3.8, 4) is 0 Å². The average Bonchev–Trinajstić information content (AvgIpc) is 2.61. The second-order valence-electron chi connectivity index (χ2n) is 6.05. The molecule has 3 N–H and O–H groups in total. The molecule has 0 atom stereocenters. The Morgan fingerprint density at radius 1 is 1.04 bits per heavy atom. The highest BCUT2D eigenvalue weighted by molar-refractivity contribution is 7.80. The lowest BCUT2D eigenvalue weighted by atomic mass is 10.1. The van der Waals surface area contributed by atoms with Gasteiger partial charge in [-0.2, -0.15) is 0 Å². The maximum atomic E-state index is 5.34. The highest BCUT2D eigenvalue weighted by atomic mass is 32.1. The molecule has 0 radical (unpaired) electrons. The van der Waals surface area contributed by atoms with Gasteiger partial charge in [0.1, 0.15) is 5.82 Å². The van der Waals surface area contributed by atoms with Crippen LogP contribution in [0.4, 0.5) is 11.5 Å². The first-order valence-electron chi connectivity index (χ1n) is 8.35. The van der Waals surface area contributed by atoms with Crippen LogP contribution in [0.5, 0.6) is 0 Å². The first-order valence-corrected chi connectivity index (χ1v) is 8.76. The largest absolute Gasteiger partial charge is 0.331 e. The molecule has 0 spiro atoms. The van der Waals surface area contributed by atoms with Crippen molar-refractivity contribution in [2.24, 2.45) is 0 Å². The normalized spacial score (nSPS) is 10.5. The van der Waals surface area contributed by atoms with E-state index in [2.05, 4.69) is 72.3 Å². The number of thiocarbonyl (C=S) groups is 1. The quantitative estimate of drug-likeness (QED) is 0.469.